The zero-order valence-corrected chi connectivity index (χ0v) is 22.7. The molecule has 1 atom stereocenters. The van der Waals surface area contributed by atoms with E-state index < -0.39 is 43.3 Å². The van der Waals surface area contributed by atoms with E-state index in [2.05, 4.69) is 15.4 Å². The first-order chi connectivity index (χ1) is 19.1. The molecule has 0 bridgehead atoms. The molecular formula is C25H27ClF4N4O5S. The predicted octanol–water partition coefficient (Wildman–Crippen LogP) is 4.22. The Kier molecular flexibility index (Phi) is 10.2. The maximum Gasteiger partial charge on any atom is 0.387 e. The quantitative estimate of drug-likeness (QED) is 0.351. The number of carbonyl (C=O) groups is 3. The van der Waals surface area contributed by atoms with Crippen LogP contribution in [0.5, 0.6) is 5.75 Å². The number of morpholine rings is 1. The first kappa shape index (κ1) is 30.0. The minimum absolute atomic E-state index is 0.0390. The van der Waals surface area contributed by atoms with Gasteiger partial charge in [0.2, 0.25) is 5.91 Å². The lowest BCUT2D eigenvalue weighted by atomic mass is 9.90. The SMILES string of the molecule is O=C(NC[C@H](C(=O)Nc1ccc(N2CCOCC2=O)c(OC(F)F)c1)N(CC(F)F)C1CCC1)c1ccc(Cl)s1. The maximum absolute atomic E-state index is 13.5. The molecule has 1 saturated carbocycles. The van der Waals surface area contributed by atoms with Crippen molar-refractivity contribution in [3.63, 3.8) is 0 Å². The number of ether oxygens (including phenoxy) is 2. The summed E-state index contributed by atoms with van der Waals surface area (Å²) in [5, 5.41) is 5.19. The Hall–Kier alpha value is -2.94. The smallest absolute Gasteiger partial charge is 0.387 e. The molecule has 1 aliphatic heterocycles. The first-order valence-corrected chi connectivity index (χ1v) is 13.7. The van der Waals surface area contributed by atoms with Crippen LogP contribution in [0.2, 0.25) is 4.34 Å². The van der Waals surface area contributed by atoms with Gasteiger partial charge in [-0.2, -0.15) is 8.78 Å². The van der Waals surface area contributed by atoms with Gasteiger partial charge in [0.1, 0.15) is 12.6 Å². The van der Waals surface area contributed by atoms with Gasteiger partial charge in [0.25, 0.3) is 18.2 Å². The Morgan fingerprint density at radius 1 is 1.20 bits per heavy atom. The number of rotatable bonds is 12. The van der Waals surface area contributed by atoms with Crippen LogP contribution in [0.15, 0.2) is 30.3 Å². The summed E-state index contributed by atoms with van der Waals surface area (Å²) >= 11 is 6.92. The second-order valence-electron chi connectivity index (χ2n) is 9.15. The van der Waals surface area contributed by atoms with E-state index in [-0.39, 0.29) is 54.3 Å². The average Bonchev–Trinajstić information content (AvgIpc) is 3.29. The molecule has 218 valence electrons. The molecule has 40 heavy (non-hydrogen) atoms. The normalized spacial score (nSPS) is 16.8. The summed E-state index contributed by atoms with van der Waals surface area (Å²) in [6, 6.07) is 5.42. The Balaban J connectivity index is 1.57. The largest absolute Gasteiger partial charge is 0.433 e. The van der Waals surface area contributed by atoms with Gasteiger partial charge in [-0.3, -0.25) is 19.3 Å². The van der Waals surface area contributed by atoms with Gasteiger partial charge in [-0.05, 0) is 37.1 Å². The van der Waals surface area contributed by atoms with Crippen LogP contribution in [-0.4, -0.2) is 80.6 Å². The highest BCUT2D eigenvalue weighted by atomic mass is 35.5. The summed E-state index contributed by atoms with van der Waals surface area (Å²) in [5.41, 5.74) is 0.107. The highest BCUT2D eigenvalue weighted by Gasteiger charge is 2.36. The number of hydrogen-bond acceptors (Lipinski definition) is 7. The fourth-order valence-electron chi connectivity index (χ4n) is 4.49. The molecule has 2 fully saturated rings. The van der Waals surface area contributed by atoms with Crippen molar-refractivity contribution in [2.24, 2.45) is 0 Å². The van der Waals surface area contributed by atoms with E-state index in [4.69, 9.17) is 16.3 Å². The number of benzene rings is 1. The molecule has 2 aliphatic rings. The third kappa shape index (κ3) is 7.62. The summed E-state index contributed by atoms with van der Waals surface area (Å²) in [7, 11) is 0. The lowest BCUT2D eigenvalue weighted by molar-refractivity contribution is -0.126. The number of carbonyl (C=O) groups excluding carboxylic acids is 3. The number of nitrogens with zero attached hydrogens (tertiary/aromatic N) is 2. The molecule has 1 aliphatic carbocycles. The number of hydrogen-bond donors (Lipinski definition) is 2. The van der Waals surface area contributed by atoms with Crippen molar-refractivity contribution in [2.75, 3.05) is 43.1 Å². The van der Waals surface area contributed by atoms with E-state index in [1.165, 1.54) is 34.1 Å². The summed E-state index contributed by atoms with van der Waals surface area (Å²) in [5.74, 6) is -2.05. The second-order valence-corrected chi connectivity index (χ2v) is 10.9. The molecule has 4 rings (SSSR count). The van der Waals surface area contributed by atoms with Gasteiger partial charge in [-0.15, -0.1) is 11.3 Å². The van der Waals surface area contributed by atoms with Crippen molar-refractivity contribution < 1.29 is 41.4 Å². The summed E-state index contributed by atoms with van der Waals surface area (Å²) < 4.78 is 63.6. The molecule has 0 spiro atoms. The summed E-state index contributed by atoms with van der Waals surface area (Å²) in [6.45, 7) is -4.10. The molecule has 1 aromatic heterocycles. The summed E-state index contributed by atoms with van der Waals surface area (Å²) in [6.07, 6.45) is -0.701. The van der Waals surface area contributed by atoms with Crippen molar-refractivity contribution >= 4 is 52.0 Å². The molecule has 2 heterocycles. The number of alkyl halides is 4. The molecule has 0 unspecified atom stereocenters. The van der Waals surface area contributed by atoms with Gasteiger partial charge in [-0.1, -0.05) is 18.0 Å². The lowest BCUT2D eigenvalue weighted by Crippen LogP contribution is -2.57. The van der Waals surface area contributed by atoms with Crippen LogP contribution < -0.4 is 20.3 Å². The first-order valence-electron chi connectivity index (χ1n) is 12.5. The number of thiophene rings is 1. The van der Waals surface area contributed by atoms with Crippen molar-refractivity contribution in [1.29, 1.82) is 0 Å². The van der Waals surface area contributed by atoms with Crippen LogP contribution in [-0.2, 0) is 14.3 Å². The third-order valence-electron chi connectivity index (χ3n) is 6.57. The van der Waals surface area contributed by atoms with Gasteiger partial charge in [-0.25, -0.2) is 8.78 Å². The van der Waals surface area contributed by atoms with Gasteiger partial charge < -0.3 is 25.0 Å². The Bertz CT molecular complexity index is 1220. The fourth-order valence-corrected chi connectivity index (χ4v) is 5.44. The van der Waals surface area contributed by atoms with Gasteiger partial charge >= 0.3 is 6.61 Å². The van der Waals surface area contributed by atoms with E-state index in [0.717, 1.165) is 23.8 Å². The average molecular weight is 607 g/mol. The van der Waals surface area contributed by atoms with E-state index in [1.54, 1.807) is 0 Å². The number of nitrogens with one attached hydrogen (secondary N) is 2. The van der Waals surface area contributed by atoms with Crippen molar-refractivity contribution in [1.82, 2.24) is 10.2 Å². The summed E-state index contributed by atoms with van der Waals surface area (Å²) in [4.78, 5) is 41.2. The van der Waals surface area contributed by atoms with Crippen LogP contribution in [0.4, 0.5) is 28.9 Å². The van der Waals surface area contributed by atoms with Crippen molar-refractivity contribution in [3.8, 4) is 5.75 Å². The molecule has 2 aromatic rings. The van der Waals surface area contributed by atoms with Gasteiger partial charge in [0.15, 0.2) is 5.75 Å². The Morgan fingerprint density at radius 2 is 1.98 bits per heavy atom. The number of amides is 3. The molecule has 15 heteroatoms. The molecule has 9 nitrogen and oxygen atoms in total. The standard InChI is InChI=1S/C25H27ClF4N4O5S/c26-20-7-6-19(40-20)24(37)31-11-17(34(12-21(27)28)15-2-1-3-15)23(36)32-14-4-5-16(18(10-14)39-25(29)30)33-8-9-38-13-22(33)35/h4-7,10,15,17,21,25H,1-3,8-9,11-13H2,(H,31,37)(H,32,36)/t17-/m1/s1. The fraction of sp³-hybridized carbons (Fsp3) is 0.480. The Labute approximate surface area is 236 Å². The van der Waals surface area contributed by atoms with Crippen LogP contribution in [0.25, 0.3) is 0 Å². The second kappa shape index (κ2) is 13.6. The zero-order valence-electron chi connectivity index (χ0n) is 21.1. The molecule has 3 amide bonds. The van der Waals surface area contributed by atoms with Crippen LogP contribution in [0, 0.1) is 0 Å². The molecule has 1 saturated heterocycles. The van der Waals surface area contributed by atoms with E-state index in [0.29, 0.717) is 17.2 Å². The molecule has 0 radical (unpaired) electrons. The monoisotopic (exact) mass is 606 g/mol. The third-order valence-corrected chi connectivity index (χ3v) is 7.80. The lowest BCUT2D eigenvalue weighted by Gasteiger charge is -2.41. The van der Waals surface area contributed by atoms with Crippen molar-refractivity contribution in [2.45, 2.75) is 44.4 Å². The van der Waals surface area contributed by atoms with Gasteiger partial charge in [0, 0.05) is 30.9 Å². The Morgan fingerprint density at radius 3 is 2.58 bits per heavy atom. The highest BCUT2D eigenvalue weighted by Crippen LogP contribution is 2.34. The minimum Gasteiger partial charge on any atom is -0.433 e. The highest BCUT2D eigenvalue weighted by molar-refractivity contribution is 7.18. The van der Waals surface area contributed by atoms with E-state index in [1.807, 2.05) is 0 Å². The molecule has 2 N–H and O–H groups in total. The van der Waals surface area contributed by atoms with Crippen LogP contribution in [0.1, 0.15) is 28.9 Å². The topological polar surface area (TPSA) is 100 Å². The number of anilines is 2. The maximum atomic E-state index is 13.5. The van der Waals surface area contributed by atoms with Crippen LogP contribution >= 0.6 is 22.9 Å². The van der Waals surface area contributed by atoms with E-state index >= 15 is 0 Å². The zero-order chi connectivity index (χ0) is 28.8. The number of halogens is 5. The molecule has 1 aromatic carbocycles. The predicted molar refractivity (Wildman–Crippen MR) is 141 cm³/mol. The van der Waals surface area contributed by atoms with E-state index in [9.17, 15) is 31.9 Å². The molecular weight excluding hydrogens is 580 g/mol. The van der Waals surface area contributed by atoms with Gasteiger partial charge in [0.05, 0.1) is 28.1 Å². The van der Waals surface area contributed by atoms with Crippen molar-refractivity contribution in [3.05, 3.63) is 39.5 Å². The minimum atomic E-state index is -3.21. The van der Waals surface area contributed by atoms with Crippen LogP contribution in [0.3, 0.4) is 0 Å².